The van der Waals surface area contributed by atoms with Crippen molar-refractivity contribution in [3.63, 3.8) is 0 Å². The second-order valence-corrected chi connectivity index (χ2v) is 9.51. The van der Waals surface area contributed by atoms with Gasteiger partial charge in [0.1, 0.15) is 0 Å². The molecule has 0 heterocycles. The summed E-state index contributed by atoms with van der Waals surface area (Å²) < 4.78 is 6.72. The van der Waals surface area contributed by atoms with Crippen molar-refractivity contribution in [1.82, 2.24) is 0 Å². The predicted octanol–water partition coefficient (Wildman–Crippen LogP) is 3.39. The van der Waals surface area contributed by atoms with Gasteiger partial charge in [-0.3, -0.25) is 0 Å². The van der Waals surface area contributed by atoms with E-state index in [1.807, 2.05) is 0 Å². The number of hydrogen-bond donors (Lipinski definition) is 0. The van der Waals surface area contributed by atoms with Crippen LogP contribution in [-0.4, -0.2) is 14.9 Å². The number of benzene rings is 3. The maximum Gasteiger partial charge on any atom is 0.288 e. The Morgan fingerprint density at radius 2 is 1.12 bits per heavy atom. The highest BCUT2D eigenvalue weighted by Crippen LogP contribution is 2.11. The van der Waals surface area contributed by atoms with Crippen LogP contribution >= 0.6 is 0 Å². The number of hydrogen-bond acceptors (Lipinski definition) is 1. The van der Waals surface area contributed by atoms with Gasteiger partial charge in [-0.25, -0.2) is 0 Å². The summed E-state index contributed by atoms with van der Waals surface area (Å²) in [6, 6.07) is 30.4. The van der Waals surface area contributed by atoms with Gasteiger partial charge in [0.15, 0.2) is 0 Å². The summed E-state index contributed by atoms with van der Waals surface area (Å²) in [5, 5.41) is 3.90. The SMILES string of the molecule is CCCO[Si](c1ccccc1)(c1ccccc1)c1ccc(C)cc1. The van der Waals surface area contributed by atoms with Gasteiger partial charge in [-0.05, 0) is 28.9 Å². The molecule has 0 aromatic heterocycles. The van der Waals surface area contributed by atoms with Gasteiger partial charge in [0, 0.05) is 6.61 Å². The minimum Gasteiger partial charge on any atom is -0.404 e. The summed E-state index contributed by atoms with van der Waals surface area (Å²) in [6.07, 6.45) is 1.01. The molecule has 3 aromatic carbocycles. The molecular formula is C22H24OSi. The zero-order valence-corrected chi connectivity index (χ0v) is 15.4. The average molecular weight is 333 g/mol. The van der Waals surface area contributed by atoms with Gasteiger partial charge in [-0.15, -0.1) is 0 Å². The Morgan fingerprint density at radius 1 is 0.667 bits per heavy atom. The van der Waals surface area contributed by atoms with E-state index in [2.05, 4.69) is 98.8 Å². The van der Waals surface area contributed by atoms with Gasteiger partial charge in [0.2, 0.25) is 0 Å². The maximum absolute atomic E-state index is 6.72. The molecule has 0 aliphatic rings. The van der Waals surface area contributed by atoms with Crippen LogP contribution in [0.2, 0.25) is 0 Å². The molecule has 0 atom stereocenters. The van der Waals surface area contributed by atoms with E-state index in [1.54, 1.807) is 0 Å². The van der Waals surface area contributed by atoms with Crippen LogP contribution in [0.3, 0.4) is 0 Å². The van der Waals surface area contributed by atoms with Crippen LogP contribution < -0.4 is 15.6 Å². The van der Waals surface area contributed by atoms with Gasteiger partial charge in [0.25, 0.3) is 8.32 Å². The van der Waals surface area contributed by atoms with Crippen LogP contribution in [0.4, 0.5) is 0 Å². The van der Waals surface area contributed by atoms with E-state index in [0.717, 1.165) is 13.0 Å². The molecular weight excluding hydrogens is 308 g/mol. The van der Waals surface area contributed by atoms with Gasteiger partial charge >= 0.3 is 0 Å². The van der Waals surface area contributed by atoms with Crippen LogP contribution in [0.5, 0.6) is 0 Å². The standard InChI is InChI=1S/C22H24OSi/c1-3-18-23-24(20-10-6-4-7-11-20,21-12-8-5-9-13-21)22-16-14-19(2)15-17-22/h4-17H,3,18H2,1-2H3. The molecule has 0 bridgehead atoms. The van der Waals surface area contributed by atoms with Crippen molar-refractivity contribution in [3.8, 4) is 0 Å². The third-order valence-corrected chi connectivity index (χ3v) is 8.42. The van der Waals surface area contributed by atoms with Gasteiger partial charge in [0.05, 0.1) is 0 Å². The average Bonchev–Trinajstić information content (AvgIpc) is 2.65. The van der Waals surface area contributed by atoms with E-state index in [1.165, 1.54) is 21.1 Å². The normalized spacial score (nSPS) is 11.4. The number of aryl methyl sites for hydroxylation is 1. The van der Waals surface area contributed by atoms with Crippen LogP contribution in [0.15, 0.2) is 84.9 Å². The number of rotatable bonds is 6. The van der Waals surface area contributed by atoms with Gasteiger partial charge in [-0.1, -0.05) is 97.4 Å². The maximum atomic E-state index is 6.72. The summed E-state index contributed by atoms with van der Waals surface area (Å²) in [5.41, 5.74) is 1.28. The van der Waals surface area contributed by atoms with Crippen molar-refractivity contribution in [2.24, 2.45) is 0 Å². The van der Waals surface area contributed by atoms with Crippen LogP contribution in [0.25, 0.3) is 0 Å². The highest BCUT2D eigenvalue weighted by molar-refractivity contribution is 7.07. The Bertz CT molecular complexity index is 711. The van der Waals surface area contributed by atoms with Crippen molar-refractivity contribution in [1.29, 1.82) is 0 Å². The molecule has 0 amide bonds. The van der Waals surface area contributed by atoms with Gasteiger partial charge in [-0.2, -0.15) is 0 Å². The van der Waals surface area contributed by atoms with Crippen molar-refractivity contribution in [3.05, 3.63) is 90.5 Å². The van der Waals surface area contributed by atoms with Crippen molar-refractivity contribution in [2.45, 2.75) is 20.3 Å². The van der Waals surface area contributed by atoms with Crippen LogP contribution in [0, 0.1) is 6.92 Å². The van der Waals surface area contributed by atoms with E-state index < -0.39 is 8.32 Å². The zero-order chi connectivity index (χ0) is 16.8. The first-order chi connectivity index (χ1) is 11.8. The summed E-state index contributed by atoms with van der Waals surface area (Å²) in [5.74, 6) is 0. The minimum atomic E-state index is -2.47. The van der Waals surface area contributed by atoms with Crippen molar-refractivity contribution >= 4 is 23.9 Å². The van der Waals surface area contributed by atoms with Gasteiger partial charge < -0.3 is 4.43 Å². The lowest BCUT2D eigenvalue weighted by Gasteiger charge is -2.33. The largest absolute Gasteiger partial charge is 0.404 e. The Balaban J connectivity index is 2.26. The zero-order valence-electron chi connectivity index (χ0n) is 14.4. The van der Waals surface area contributed by atoms with E-state index in [-0.39, 0.29) is 0 Å². The first kappa shape index (κ1) is 16.7. The molecule has 0 aliphatic carbocycles. The third kappa shape index (κ3) is 3.21. The topological polar surface area (TPSA) is 9.23 Å². The lowest BCUT2D eigenvalue weighted by Crippen LogP contribution is -2.69. The molecule has 3 aromatic rings. The Kier molecular flexibility index (Phi) is 5.29. The van der Waals surface area contributed by atoms with E-state index in [0.29, 0.717) is 0 Å². The molecule has 0 aliphatic heterocycles. The van der Waals surface area contributed by atoms with Crippen molar-refractivity contribution < 1.29 is 4.43 Å². The lowest BCUT2D eigenvalue weighted by atomic mass is 10.2. The molecule has 122 valence electrons. The van der Waals surface area contributed by atoms with Crippen LogP contribution in [0.1, 0.15) is 18.9 Å². The first-order valence-electron chi connectivity index (χ1n) is 8.59. The molecule has 0 spiro atoms. The molecule has 2 heteroatoms. The quantitative estimate of drug-likeness (QED) is 0.497. The molecule has 0 saturated carbocycles. The van der Waals surface area contributed by atoms with E-state index in [4.69, 9.17) is 4.43 Å². The minimum absolute atomic E-state index is 0.768. The molecule has 0 radical (unpaired) electrons. The lowest BCUT2D eigenvalue weighted by molar-refractivity contribution is 0.323. The van der Waals surface area contributed by atoms with E-state index >= 15 is 0 Å². The summed E-state index contributed by atoms with van der Waals surface area (Å²) >= 11 is 0. The highest BCUT2D eigenvalue weighted by Gasteiger charge is 2.41. The summed E-state index contributed by atoms with van der Waals surface area (Å²) in [6.45, 7) is 5.07. The fourth-order valence-corrected chi connectivity index (χ4v) is 7.11. The fraction of sp³-hybridized carbons (Fsp3) is 0.182. The molecule has 24 heavy (non-hydrogen) atoms. The third-order valence-electron chi connectivity index (χ3n) is 4.34. The summed E-state index contributed by atoms with van der Waals surface area (Å²) in [4.78, 5) is 0. The Labute approximate surface area is 146 Å². The molecule has 3 rings (SSSR count). The first-order valence-corrected chi connectivity index (χ1v) is 10.5. The predicted molar refractivity (Wildman–Crippen MR) is 105 cm³/mol. The fourth-order valence-electron chi connectivity index (χ4n) is 3.14. The van der Waals surface area contributed by atoms with Crippen LogP contribution in [-0.2, 0) is 4.43 Å². The second kappa shape index (κ2) is 7.60. The highest BCUT2D eigenvalue weighted by atomic mass is 28.4. The Morgan fingerprint density at radius 3 is 1.58 bits per heavy atom. The molecule has 0 saturated heterocycles. The second-order valence-electron chi connectivity index (χ2n) is 6.13. The smallest absolute Gasteiger partial charge is 0.288 e. The van der Waals surface area contributed by atoms with Crippen molar-refractivity contribution in [2.75, 3.05) is 6.61 Å². The Hall–Kier alpha value is -2.16. The molecule has 0 N–H and O–H groups in total. The molecule has 0 unspecified atom stereocenters. The van der Waals surface area contributed by atoms with E-state index in [9.17, 15) is 0 Å². The molecule has 1 nitrogen and oxygen atoms in total. The monoisotopic (exact) mass is 332 g/mol. The summed E-state index contributed by atoms with van der Waals surface area (Å²) in [7, 11) is -2.47. The molecule has 0 fully saturated rings.